The summed E-state index contributed by atoms with van der Waals surface area (Å²) in [5.74, 6) is 1.41. The number of para-hydroxylation sites is 1. The lowest BCUT2D eigenvalue weighted by molar-refractivity contribution is -0.147. The Morgan fingerprint density at radius 1 is 1.26 bits per heavy atom. The van der Waals surface area contributed by atoms with E-state index in [2.05, 4.69) is 10.3 Å². The van der Waals surface area contributed by atoms with E-state index in [-0.39, 0.29) is 35.8 Å². The van der Waals surface area contributed by atoms with Crippen molar-refractivity contribution >= 4 is 41.8 Å². The number of hydrogen-bond donors (Lipinski definition) is 1. The topological polar surface area (TPSA) is 74.2 Å². The number of likely N-dealkylation sites (tertiary alicyclic amines) is 1. The third-order valence-electron chi connectivity index (χ3n) is 4.35. The zero-order chi connectivity index (χ0) is 18.9. The quantitative estimate of drug-likeness (QED) is 0.275. The summed E-state index contributed by atoms with van der Waals surface area (Å²) < 4.78 is 5.81. The maximum absolute atomic E-state index is 11.8. The Morgan fingerprint density at radius 2 is 1.93 bits per heavy atom. The second kappa shape index (κ2) is 11.8. The Balaban J connectivity index is 0.00000364. The molecule has 0 spiro atoms. The van der Waals surface area contributed by atoms with Crippen LogP contribution in [0.15, 0.2) is 29.3 Å². The van der Waals surface area contributed by atoms with Gasteiger partial charge in [-0.1, -0.05) is 18.2 Å². The fraction of sp³-hybridized carbons (Fsp3) is 0.526. The number of aryl methyl sites for hydroxylation is 1. The molecule has 1 aromatic rings. The molecule has 0 radical (unpaired) electrons. The summed E-state index contributed by atoms with van der Waals surface area (Å²) in [7, 11) is 3.63. The lowest BCUT2D eigenvalue weighted by Gasteiger charge is -2.26. The van der Waals surface area contributed by atoms with Crippen molar-refractivity contribution < 1.29 is 14.3 Å². The maximum Gasteiger partial charge on any atom is 0.229 e. The molecule has 27 heavy (non-hydrogen) atoms. The third kappa shape index (κ3) is 7.00. The molecule has 1 heterocycles. The number of carbonyl (C=O) groups excluding carboxylic acids is 2. The molecule has 0 saturated carbocycles. The second-order valence-corrected chi connectivity index (χ2v) is 6.30. The number of imide groups is 1. The molecule has 0 unspecified atom stereocenters. The molecule has 2 rings (SSSR count). The highest BCUT2D eigenvalue weighted by Gasteiger charge is 2.25. The predicted octanol–water partition coefficient (Wildman–Crippen LogP) is 2.04. The van der Waals surface area contributed by atoms with E-state index in [1.54, 1.807) is 7.05 Å². The maximum atomic E-state index is 11.8. The number of nitrogens with zero attached hydrogens (tertiary/aromatic N) is 3. The van der Waals surface area contributed by atoms with Crippen molar-refractivity contribution in [3.8, 4) is 5.75 Å². The summed E-state index contributed by atoms with van der Waals surface area (Å²) in [6.45, 7) is 4.06. The van der Waals surface area contributed by atoms with Gasteiger partial charge in [0, 0.05) is 40.0 Å². The standard InChI is InChI=1S/C19H28N4O3.HI/c1-15-7-4-5-8-16(15)26-14-13-22(3)19(20-2)21-11-12-23-17(24)9-6-10-18(23)25;/h4-5,7-8H,6,9-14H2,1-3H3,(H,20,21);1H. The monoisotopic (exact) mass is 488 g/mol. The van der Waals surface area contributed by atoms with Gasteiger partial charge in [0.05, 0.1) is 6.54 Å². The van der Waals surface area contributed by atoms with Gasteiger partial charge in [0.1, 0.15) is 12.4 Å². The van der Waals surface area contributed by atoms with Crippen LogP contribution in [0.3, 0.4) is 0 Å². The van der Waals surface area contributed by atoms with Gasteiger partial charge in [-0.05, 0) is 25.0 Å². The minimum absolute atomic E-state index is 0. The van der Waals surface area contributed by atoms with Gasteiger partial charge >= 0.3 is 0 Å². The average molecular weight is 488 g/mol. The van der Waals surface area contributed by atoms with E-state index < -0.39 is 0 Å². The average Bonchev–Trinajstić information content (AvgIpc) is 2.62. The van der Waals surface area contributed by atoms with Crippen LogP contribution in [0.4, 0.5) is 0 Å². The van der Waals surface area contributed by atoms with Crippen molar-refractivity contribution in [1.29, 1.82) is 0 Å². The number of likely N-dealkylation sites (N-methyl/N-ethyl adjacent to an activating group) is 1. The van der Waals surface area contributed by atoms with E-state index in [9.17, 15) is 9.59 Å². The summed E-state index contributed by atoms with van der Waals surface area (Å²) in [5.41, 5.74) is 1.11. The minimum atomic E-state index is -0.0852. The van der Waals surface area contributed by atoms with Crippen LogP contribution in [0.2, 0.25) is 0 Å². The first-order valence-corrected chi connectivity index (χ1v) is 8.96. The Morgan fingerprint density at radius 3 is 2.56 bits per heavy atom. The highest BCUT2D eigenvalue weighted by atomic mass is 127. The van der Waals surface area contributed by atoms with E-state index in [0.717, 1.165) is 11.3 Å². The van der Waals surface area contributed by atoms with Gasteiger partial charge in [-0.15, -0.1) is 24.0 Å². The molecular formula is C19H29IN4O3. The molecule has 0 aromatic heterocycles. The molecule has 2 amide bonds. The normalized spacial score (nSPS) is 14.6. The number of hydrogen-bond acceptors (Lipinski definition) is 4. The van der Waals surface area contributed by atoms with Crippen molar-refractivity contribution in [2.75, 3.05) is 40.3 Å². The first-order valence-electron chi connectivity index (χ1n) is 8.96. The number of rotatable bonds is 7. The number of benzene rings is 1. The number of amides is 2. The van der Waals surface area contributed by atoms with Gasteiger partial charge in [0.15, 0.2) is 5.96 Å². The number of piperidine rings is 1. The molecule has 1 aromatic carbocycles. The molecule has 0 bridgehead atoms. The molecule has 1 saturated heterocycles. The lowest BCUT2D eigenvalue weighted by atomic mass is 10.1. The molecule has 0 aliphatic carbocycles. The molecule has 1 N–H and O–H groups in total. The van der Waals surface area contributed by atoms with Crippen molar-refractivity contribution in [3.05, 3.63) is 29.8 Å². The zero-order valence-corrected chi connectivity index (χ0v) is 18.6. The van der Waals surface area contributed by atoms with Crippen molar-refractivity contribution in [3.63, 3.8) is 0 Å². The fourth-order valence-electron chi connectivity index (χ4n) is 2.83. The van der Waals surface area contributed by atoms with E-state index in [1.807, 2.05) is 43.1 Å². The summed E-state index contributed by atoms with van der Waals surface area (Å²) in [6, 6.07) is 7.91. The van der Waals surface area contributed by atoms with Gasteiger partial charge in [0.25, 0.3) is 0 Å². The first-order chi connectivity index (χ1) is 12.5. The lowest BCUT2D eigenvalue weighted by Crippen LogP contribution is -2.47. The van der Waals surface area contributed by atoms with Gasteiger partial charge in [-0.2, -0.15) is 0 Å². The number of ether oxygens (including phenoxy) is 1. The predicted molar refractivity (Wildman–Crippen MR) is 117 cm³/mol. The number of carbonyl (C=O) groups is 2. The van der Waals surface area contributed by atoms with Crippen molar-refractivity contribution in [2.45, 2.75) is 26.2 Å². The summed E-state index contributed by atoms with van der Waals surface area (Å²) in [5, 5.41) is 3.19. The van der Waals surface area contributed by atoms with E-state index >= 15 is 0 Å². The number of halogens is 1. The van der Waals surface area contributed by atoms with E-state index in [0.29, 0.717) is 51.5 Å². The molecule has 1 aliphatic rings. The van der Waals surface area contributed by atoms with Crippen LogP contribution in [0.5, 0.6) is 5.75 Å². The first kappa shape index (κ1) is 23.2. The largest absolute Gasteiger partial charge is 0.491 e. The molecule has 7 nitrogen and oxygen atoms in total. The Hall–Kier alpha value is -1.84. The van der Waals surface area contributed by atoms with E-state index in [4.69, 9.17) is 4.74 Å². The van der Waals surface area contributed by atoms with E-state index in [1.165, 1.54) is 4.90 Å². The van der Waals surface area contributed by atoms with Crippen molar-refractivity contribution in [2.24, 2.45) is 4.99 Å². The Bertz CT molecular complexity index is 650. The zero-order valence-electron chi connectivity index (χ0n) is 16.2. The highest BCUT2D eigenvalue weighted by Crippen LogP contribution is 2.15. The number of nitrogens with one attached hydrogen (secondary N) is 1. The number of aliphatic imine (C=N–C) groups is 1. The smallest absolute Gasteiger partial charge is 0.229 e. The van der Waals surface area contributed by atoms with Gasteiger partial charge in [-0.25, -0.2) is 0 Å². The molecule has 8 heteroatoms. The Labute approximate surface area is 178 Å². The highest BCUT2D eigenvalue weighted by molar-refractivity contribution is 14.0. The van der Waals surface area contributed by atoms with Crippen LogP contribution in [-0.2, 0) is 9.59 Å². The summed E-state index contributed by atoms with van der Waals surface area (Å²) in [6.07, 6.45) is 1.57. The van der Waals surface area contributed by atoms with Gasteiger partial charge in [0.2, 0.25) is 11.8 Å². The van der Waals surface area contributed by atoms with Gasteiger partial charge < -0.3 is 15.0 Å². The summed E-state index contributed by atoms with van der Waals surface area (Å²) >= 11 is 0. The second-order valence-electron chi connectivity index (χ2n) is 6.30. The molecule has 1 fully saturated rings. The van der Waals surface area contributed by atoms with Crippen LogP contribution in [0, 0.1) is 6.92 Å². The molecule has 150 valence electrons. The summed E-state index contributed by atoms with van der Waals surface area (Å²) in [4.78, 5) is 31.1. The SMILES string of the molecule is CN=C(NCCN1C(=O)CCCC1=O)N(C)CCOc1ccccc1C.I. The van der Waals surface area contributed by atoms with Crippen LogP contribution in [0.1, 0.15) is 24.8 Å². The Kier molecular flexibility index (Phi) is 10.1. The van der Waals surface area contributed by atoms with Crippen LogP contribution < -0.4 is 10.1 Å². The molecular weight excluding hydrogens is 459 g/mol. The van der Waals surface area contributed by atoms with Crippen molar-refractivity contribution in [1.82, 2.24) is 15.1 Å². The van der Waals surface area contributed by atoms with Crippen LogP contribution >= 0.6 is 24.0 Å². The fourth-order valence-corrected chi connectivity index (χ4v) is 2.83. The third-order valence-corrected chi connectivity index (χ3v) is 4.35. The van der Waals surface area contributed by atoms with Gasteiger partial charge in [-0.3, -0.25) is 19.5 Å². The van der Waals surface area contributed by atoms with Crippen LogP contribution in [0.25, 0.3) is 0 Å². The molecule has 0 atom stereocenters. The molecule has 1 aliphatic heterocycles. The minimum Gasteiger partial charge on any atom is -0.491 e. The van der Waals surface area contributed by atoms with Crippen LogP contribution in [-0.4, -0.2) is 67.9 Å². The number of guanidine groups is 1.